The first kappa shape index (κ1) is 17.2. The van der Waals surface area contributed by atoms with E-state index < -0.39 is 11.6 Å². The maximum atomic E-state index is 12.1. The van der Waals surface area contributed by atoms with E-state index >= 15 is 0 Å². The standard InChI is InChI=1S/C12H23N3O2.ClH/c1-8(10(16)14-3)15-11(17)9-6-4-5-7-12(9,2)13;/h8-9H,4-7,13H2,1-3H3,(H,14,16)(H,15,17);1H/t8-,9?,12?;/m1./s1. The summed E-state index contributed by atoms with van der Waals surface area (Å²) < 4.78 is 0. The quantitative estimate of drug-likeness (QED) is 0.705. The largest absolute Gasteiger partial charge is 0.357 e. The number of carbonyl (C=O) groups is 2. The molecule has 1 fully saturated rings. The first-order valence-electron chi connectivity index (χ1n) is 6.19. The van der Waals surface area contributed by atoms with Gasteiger partial charge in [0.05, 0.1) is 5.92 Å². The molecule has 5 nitrogen and oxygen atoms in total. The van der Waals surface area contributed by atoms with Gasteiger partial charge < -0.3 is 16.4 Å². The molecule has 0 spiro atoms. The summed E-state index contributed by atoms with van der Waals surface area (Å²) in [5.74, 6) is -0.484. The first-order chi connectivity index (χ1) is 7.88. The Bertz CT molecular complexity index is 308. The van der Waals surface area contributed by atoms with Gasteiger partial charge in [-0.15, -0.1) is 12.4 Å². The molecule has 0 aromatic carbocycles. The normalized spacial score (nSPS) is 28.8. The highest BCUT2D eigenvalue weighted by molar-refractivity contribution is 5.88. The number of halogens is 1. The van der Waals surface area contributed by atoms with Crippen LogP contribution < -0.4 is 16.4 Å². The van der Waals surface area contributed by atoms with Crippen LogP contribution in [0.3, 0.4) is 0 Å². The molecule has 0 bridgehead atoms. The SMILES string of the molecule is CNC(=O)[C@@H](C)NC(=O)C1CCCCC1(C)N.Cl. The minimum absolute atomic E-state index is 0. The van der Waals surface area contributed by atoms with Gasteiger partial charge in [0.25, 0.3) is 0 Å². The molecule has 2 amide bonds. The Morgan fingerprint density at radius 2 is 2.00 bits per heavy atom. The summed E-state index contributed by atoms with van der Waals surface area (Å²) in [5, 5.41) is 5.23. The third-order valence-corrected chi connectivity index (χ3v) is 3.57. The zero-order valence-corrected chi connectivity index (χ0v) is 12.1. The molecule has 1 aliphatic carbocycles. The van der Waals surface area contributed by atoms with E-state index in [9.17, 15) is 9.59 Å². The number of nitrogens with two attached hydrogens (primary N) is 1. The van der Waals surface area contributed by atoms with Crippen molar-refractivity contribution >= 4 is 24.2 Å². The van der Waals surface area contributed by atoms with E-state index in [1.807, 2.05) is 6.92 Å². The van der Waals surface area contributed by atoms with Crippen LogP contribution in [0.5, 0.6) is 0 Å². The maximum absolute atomic E-state index is 12.1. The van der Waals surface area contributed by atoms with E-state index in [1.165, 1.54) is 0 Å². The summed E-state index contributed by atoms with van der Waals surface area (Å²) in [6.07, 6.45) is 3.76. The Morgan fingerprint density at radius 3 is 2.50 bits per heavy atom. The molecule has 3 atom stereocenters. The van der Waals surface area contributed by atoms with Gasteiger partial charge in [-0.1, -0.05) is 12.8 Å². The second-order valence-electron chi connectivity index (χ2n) is 5.15. The fraction of sp³-hybridized carbons (Fsp3) is 0.833. The molecule has 0 aromatic rings. The fourth-order valence-corrected chi connectivity index (χ4v) is 2.38. The summed E-state index contributed by atoms with van der Waals surface area (Å²) in [7, 11) is 1.55. The molecule has 0 aliphatic heterocycles. The fourth-order valence-electron chi connectivity index (χ4n) is 2.38. The van der Waals surface area contributed by atoms with E-state index in [1.54, 1.807) is 14.0 Å². The van der Waals surface area contributed by atoms with Crippen LogP contribution in [0.4, 0.5) is 0 Å². The van der Waals surface area contributed by atoms with Crippen LogP contribution in [-0.4, -0.2) is 30.4 Å². The second-order valence-corrected chi connectivity index (χ2v) is 5.15. The second kappa shape index (κ2) is 6.95. The number of likely N-dealkylation sites (N-methyl/N-ethyl adjacent to an activating group) is 1. The predicted molar refractivity (Wildman–Crippen MR) is 73.5 cm³/mol. The number of carbonyl (C=O) groups excluding carboxylic acids is 2. The van der Waals surface area contributed by atoms with Crippen molar-refractivity contribution in [2.45, 2.75) is 51.1 Å². The molecule has 18 heavy (non-hydrogen) atoms. The highest BCUT2D eigenvalue weighted by atomic mass is 35.5. The van der Waals surface area contributed by atoms with Crippen molar-refractivity contribution in [2.75, 3.05) is 7.05 Å². The Balaban J connectivity index is 0.00000289. The van der Waals surface area contributed by atoms with Crippen LogP contribution in [0.15, 0.2) is 0 Å². The van der Waals surface area contributed by atoms with Gasteiger partial charge in [-0.3, -0.25) is 9.59 Å². The van der Waals surface area contributed by atoms with Crippen LogP contribution in [0.2, 0.25) is 0 Å². The van der Waals surface area contributed by atoms with Crippen molar-refractivity contribution < 1.29 is 9.59 Å². The van der Waals surface area contributed by atoms with Crippen LogP contribution in [0.25, 0.3) is 0 Å². The lowest BCUT2D eigenvalue weighted by molar-refractivity contribution is -0.132. The third kappa shape index (κ3) is 4.14. The molecule has 0 heterocycles. The van der Waals surface area contributed by atoms with Gasteiger partial charge in [0.15, 0.2) is 0 Å². The zero-order valence-electron chi connectivity index (χ0n) is 11.3. The predicted octanol–water partition coefficient (Wildman–Crippen LogP) is 0.566. The average molecular weight is 278 g/mol. The van der Waals surface area contributed by atoms with Crippen LogP contribution in [0.1, 0.15) is 39.5 Å². The Hall–Kier alpha value is -0.810. The number of hydrogen-bond donors (Lipinski definition) is 3. The highest BCUT2D eigenvalue weighted by Crippen LogP contribution is 2.31. The molecule has 2 unspecified atom stereocenters. The van der Waals surface area contributed by atoms with Crippen molar-refractivity contribution in [1.29, 1.82) is 0 Å². The van der Waals surface area contributed by atoms with Crippen molar-refractivity contribution in [3.8, 4) is 0 Å². The Morgan fingerprint density at radius 1 is 1.39 bits per heavy atom. The van der Waals surface area contributed by atoms with Gasteiger partial charge >= 0.3 is 0 Å². The number of nitrogens with one attached hydrogen (secondary N) is 2. The summed E-state index contributed by atoms with van der Waals surface area (Å²) in [5.41, 5.74) is 5.69. The summed E-state index contributed by atoms with van der Waals surface area (Å²) in [6.45, 7) is 3.59. The van der Waals surface area contributed by atoms with Gasteiger partial charge in [0.1, 0.15) is 6.04 Å². The van der Waals surface area contributed by atoms with Gasteiger partial charge in [0.2, 0.25) is 11.8 Å². The van der Waals surface area contributed by atoms with Crippen molar-refractivity contribution in [3.05, 3.63) is 0 Å². The van der Waals surface area contributed by atoms with Crippen LogP contribution >= 0.6 is 12.4 Å². The lowest BCUT2D eigenvalue weighted by Gasteiger charge is -2.37. The van der Waals surface area contributed by atoms with E-state index in [4.69, 9.17) is 5.73 Å². The highest BCUT2D eigenvalue weighted by Gasteiger charge is 2.38. The monoisotopic (exact) mass is 277 g/mol. The zero-order chi connectivity index (χ0) is 13.1. The first-order valence-corrected chi connectivity index (χ1v) is 6.19. The van der Waals surface area contributed by atoms with Gasteiger partial charge in [0, 0.05) is 12.6 Å². The van der Waals surface area contributed by atoms with E-state index in [0.717, 1.165) is 25.7 Å². The van der Waals surface area contributed by atoms with E-state index in [-0.39, 0.29) is 30.1 Å². The number of hydrogen-bond acceptors (Lipinski definition) is 3. The minimum Gasteiger partial charge on any atom is -0.357 e. The molecule has 6 heteroatoms. The van der Waals surface area contributed by atoms with Gasteiger partial charge in [-0.2, -0.15) is 0 Å². The molecule has 0 radical (unpaired) electrons. The average Bonchev–Trinajstić information content (AvgIpc) is 2.26. The number of rotatable bonds is 3. The summed E-state index contributed by atoms with van der Waals surface area (Å²) in [4.78, 5) is 23.4. The Kier molecular flexibility index (Phi) is 6.63. The Labute approximate surface area is 115 Å². The summed E-state index contributed by atoms with van der Waals surface area (Å²) >= 11 is 0. The molecule has 4 N–H and O–H groups in total. The number of amides is 2. The molecule has 1 saturated carbocycles. The molecule has 1 rings (SSSR count). The maximum Gasteiger partial charge on any atom is 0.242 e. The molecule has 106 valence electrons. The van der Waals surface area contributed by atoms with Crippen molar-refractivity contribution in [2.24, 2.45) is 11.7 Å². The molecular formula is C12H24ClN3O2. The van der Waals surface area contributed by atoms with Gasteiger partial charge in [-0.05, 0) is 26.7 Å². The molecule has 1 aliphatic rings. The van der Waals surface area contributed by atoms with Crippen LogP contribution in [0, 0.1) is 5.92 Å². The molecule has 0 saturated heterocycles. The minimum atomic E-state index is -0.509. The van der Waals surface area contributed by atoms with Crippen molar-refractivity contribution in [3.63, 3.8) is 0 Å². The van der Waals surface area contributed by atoms with E-state index in [0.29, 0.717) is 0 Å². The molecular weight excluding hydrogens is 254 g/mol. The summed E-state index contributed by atoms with van der Waals surface area (Å²) in [6, 6.07) is -0.509. The lowest BCUT2D eigenvalue weighted by atomic mass is 9.74. The van der Waals surface area contributed by atoms with Crippen molar-refractivity contribution in [1.82, 2.24) is 10.6 Å². The van der Waals surface area contributed by atoms with E-state index in [2.05, 4.69) is 10.6 Å². The lowest BCUT2D eigenvalue weighted by Crippen LogP contribution is -2.55. The third-order valence-electron chi connectivity index (χ3n) is 3.57. The van der Waals surface area contributed by atoms with Crippen LogP contribution in [-0.2, 0) is 9.59 Å². The molecule has 0 aromatic heterocycles. The topological polar surface area (TPSA) is 84.2 Å². The smallest absolute Gasteiger partial charge is 0.242 e. The van der Waals surface area contributed by atoms with Gasteiger partial charge in [-0.25, -0.2) is 0 Å².